The molecule has 1 saturated heterocycles. The zero-order valence-corrected chi connectivity index (χ0v) is 18.7. The van der Waals surface area contributed by atoms with E-state index in [2.05, 4.69) is 19.9 Å². The van der Waals surface area contributed by atoms with Gasteiger partial charge in [0.1, 0.15) is 4.21 Å². The number of nitrogens with zero attached hydrogens (tertiary/aromatic N) is 2. The molecule has 0 saturated carbocycles. The van der Waals surface area contributed by atoms with Crippen molar-refractivity contribution in [2.75, 3.05) is 36.2 Å². The predicted octanol–water partition coefficient (Wildman–Crippen LogP) is 2.77. The molecule has 8 nitrogen and oxygen atoms in total. The van der Waals surface area contributed by atoms with Crippen LogP contribution in [0.25, 0.3) is 10.2 Å². The number of hydrogen-bond acceptors (Lipinski definition) is 8. The minimum absolute atomic E-state index is 0.0138. The molecule has 0 atom stereocenters. The number of thiazole rings is 1. The molecule has 0 radical (unpaired) electrons. The molecule has 4 N–H and O–H groups in total. The maximum atomic E-state index is 12.6. The van der Waals surface area contributed by atoms with Crippen LogP contribution < -0.4 is 15.8 Å². The van der Waals surface area contributed by atoms with E-state index in [1.165, 1.54) is 11.3 Å². The van der Waals surface area contributed by atoms with Gasteiger partial charge in [-0.15, -0.1) is 11.3 Å². The fourth-order valence-corrected chi connectivity index (χ4v) is 6.42. The van der Waals surface area contributed by atoms with Crippen molar-refractivity contribution in [3.05, 3.63) is 35.7 Å². The highest BCUT2D eigenvalue weighted by Crippen LogP contribution is 2.30. The molecule has 160 valence electrons. The van der Waals surface area contributed by atoms with Crippen LogP contribution in [0.2, 0.25) is 0 Å². The fourth-order valence-electron chi connectivity index (χ4n) is 3.47. The van der Waals surface area contributed by atoms with E-state index in [1.54, 1.807) is 35.7 Å². The third-order valence-corrected chi connectivity index (χ3v) is 8.75. The Balaban J connectivity index is 1.42. The third-order valence-electron chi connectivity index (χ3n) is 5.03. The first kappa shape index (κ1) is 21.2. The van der Waals surface area contributed by atoms with Crippen LogP contribution in [0.4, 0.5) is 10.8 Å². The van der Waals surface area contributed by atoms with Crippen molar-refractivity contribution < 1.29 is 13.2 Å². The Bertz CT molecular complexity index is 1120. The van der Waals surface area contributed by atoms with Crippen molar-refractivity contribution in [3.8, 4) is 0 Å². The molecule has 1 aliphatic heterocycles. The van der Waals surface area contributed by atoms with Crippen LogP contribution >= 0.6 is 22.7 Å². The lowest BCUT2D eigenvalue weighted by Gasteiger charge is -2.30. The van der Waals surface area contributed by atoms with Crippen LogP contribution in [-0.4, -0.2) is 50.4 Å². The average Bonchev–Trinajstić information content (AvgIpc) is 3.38. The van der Waals surface area contributed by atoms with Crippen LogP contribution in [0.15, 0.2) is 39.9 Å². The lowest BCUT2D eigenvalue weighted by Crippen LogP contribution is -2.40. The van der Waals surface area contributed by atoms with Crippen molar-refractivity contribution in [1.82, 2.24) is 9.88 Å². The van der Waals surface area contributed by atoms with Gasteiger partial charge in [-0.2, -0.15) is 0 Å². The molecule has 1 aromatic carbocycles. The first-order valence-electron chi connectivity index (χ1n) is 9.65. The van der Waals surface area contributed by atoms with E-state index in [1.807, 2.05) is 0 Å². The molecule has 0 bridgehead atoms. The van der Waals surface area contributed by atoms with Crippen molar-refractivity contribution in [3.63, 3.8) is 0 Å². The molecule has 4 rings (SSSR count). The quantitative estimate of drug-likeness (QED) is 0.494. The summed E-state index contributed by atoms with van der Waals surface area (Å²) in [6, 6.07) is 8.42. The lowest BCUT2D eigenvalue weighted by atomic mass is 9.96. The Hall–Kier alpha value is -2.05. The van der Waals surface area contributed by atoms with Gasteiger partial charge in [0.25, 0.3) is 10.0 Å². The number of benzene rings is 1. The SMILES string of the molecule is NCCN1CCC(C(=O)Nc2nc3ccc(NS(=O)(=O)c4cccs4)cc3s2)CC1. The number of carbonyl (C=O) groups excluding carboxylic acids is 1. The van der Waals surface area contributed by atoms with E-state index in [-0.39, 0.29) is 16.0 Å². The van der Waals surface area contributed by atoms with Gasteiger partial charge in [0.05, 0.1) is 15.9 Å². The number of amides is 1. The van der Waals surface area contributed by atoms with Gasteiger partial charge < -0.3 is 16.0 Å². The number of nitrogens with two attached hydrogens (primary N) is 1. The molecule has 0 aliphatic carbocycles. The van der Waals surface area contributed by atoms with E-state index < -0.39 is 10.0 Å². The number of rotatable bonds is 7. The molecular weight excluding hydrogens is 442 g/mol. The smallest absolute Gasteiger partial charge is 0.271 e. The summed E-state index contributed by atoms with van der Waals surface area (Å²) >= 11 is 2.50. The largest absolute Gasteiger partial charge is 0.329 e. The summed E-state index contributed by atoms with van der Waals surface area (Å²) in [5.74, 6) is -0.0423. The van der Waals surface area contributed by atoms with Crippen molar-refractivity contribution in [1.29, 1.82) is 0 Å². The number of piperidine rings is 1. The van der Waals surface area contributed by atoms with Gasteiger partial charge in [-0.1, -0.05) is 17.4 Å². The second-order valence-corrected chi connectivity index (χ2v) is 11.0. The van der Waals surface area contributed by atoms with Gasteiger partial charge in [0, 0.05) is 19.0 Å². The Kier molecular flexibility index (Phi) is 6.34. The van der Waals surface area contributed by atoms with Gasteiger partial charge in [-0.25, -0.2) is 13.4 Å². The van der Waals surface area contributed by atoms with Crippen molar-refractivity contribution >= 4 is 59.6 Å². The summed E-state index contributed by atoms with van der Waals surface area (Å²) in [5, 5.41) is 5.17. The van der Waals surface area contributed by atoms with Gasteiger partial charge >= 0.3 is 0 Å². The second kappa shape index (κ2) is 8.98. The lowest BCUT2D eigenvalue weighted by molar-refractivity contribution is -0.121. The summed E-state index contributed by atoms with van der Waals surface area (Å²) in [7, 11) is -3.60. The first-order chi connectivity index (χ1) is 14.4. The monoisotopic (exact) mass is 465 g/mol. The zero-order chi connectivity index (χ0) is 21.1. The molecule has 3 heterocycles. The highest BCUT2D eigenvalue weighted by Gasteiger charge is 2.25. The number of nitrogens with one attached hydrogen (secondary N) is 2. The maximum Gasteiger partial charge on any atom is 0.271 e. The van der Waals surface area contributed by atoms with Crippen molar-refractivity contribution in [2.45, 2.75) is 17.1 Å². The van der Waals surface area contributed by atoms with Crippen LogP contribution in [0.3, 0.4) is 0 Å². The number of carbonyl (C=O) groups is 1. The molecule has 1 aliphatic rings. The summed E-state index contributed by atoms with van der Waals surface area (Å²) in [6.45, 7) is 3.25. The van der Waals surface area contributed by atoms with Gasteiger partial charge in [-0.3, -0.25) is 9.52 Å². The minimum Gasteiger partial charge on any atom is -0.329 e. The maximum absolute atomic E-state index is 12.6. The standard InChI is InChI=1S/C19H23N5O3S3/c20-7-10-24-8-5-13(6-9-24)18(25)22-19-21-15-4-3-14(12-16(15)29-19)23-30(26,27)17-2-1-11-28-17/h1-4,11-13,23H,5-10,20H2,(H,21,22,25). The van der Waals surface area contributed by atoms with Crippen LogP contribution in [0, 0.1) is 5.92 Å². The number of aromatic nitrogens is 1. The number of fused-ring (bicyclic) bond motifs is 1. The van der Waals surface area contributed by atoms with E-state index in [0.29, 0.717) is 22.9 Å². The number of hydrogen-bond donors (Lipinski definition) is 3. The molecule has 2 aromatic heterocycles. The summed E-state index contributed by atoms with van der Waals surface area (Å²) in [5.41, 5.74) is 6.77. The zero-order valence-electron chi connectivity index (χ0n) is 16.2. The van der Waals surface area contributed by atoms with Gasteiger partial charge in [0.2, 0.25) is 5.91 Å². The highest BCUT2D eigenvalue weighted by molar-refractivity contribution is 7.94. The third kappa shape index (κ3) is 4.81. The summed E-state index contributed by atoms with van der Waals surface area (Å²) in [6.07, 6.45) is 1.62. The number of thiophene rings is 1. The van der Waals surface area contributed by atoms with E-state index in [0.717, 1.165) is 48.5 Å². The Morgan fingerprint density at radius 2 is 2.07 bits per heavy atom. The Labute approximate surface area is 183 Å². The van der Waals surface area contributed by atoms with Crippen LogP contribution in [0.1, 0.15) is 12.8 Å². The Morgan fingerprint density at radius 3 is 2.77 bits per heavy atom. The fraction of sp³-hybridized carbons (Fsp3) is 0.368. The second-order valence-electron chi connectivity index (χ2n) is 7.13. The molecule has 3 aromatic rings. The first-order valence-corrected chi connectivity index (χ1v) is 12.8. The van der Waals surface area contributed by atoms with Gasteiger partial charge in [-0.05, 0) is 55.6 Å². The molecular formula is C19H23N5O3S3. The molecule has 0 unspecified atom stereocenters. The van der Waals surface area contributed by atoms with Gasteiger partial charge in [0.15, 0.2) is 5.13 Å². The molecule has 1 amide bonds. The summed E-state index contributed by atoms with van der Waals surface area (Å²) < 4.78 is 28.5. The van der Waals surface area contributed by atoms with Crippen LogP contribution in [-0.2, 0) is 14.8 Å². The van der Waals surface area contributed by atoms with E-state index >= 15 is 0 Å². The highest BCUT2D eigenvalue weighted by atomic mass is 32.2. The molecule has 1 fully saturated rings. The summed E-state index contributed by atoms with van der Waals surface area (Å²) in [4.78, 5) is 19.4. The predicted molar refractivity (Wildman–Crippen MR) is 122 cm³/mol. The average molecular weight is 466 g/mol. The minimum atomic E-state index is -3.60. The molecule has 11 heteroatoms. The Morgan fingerprint density at radius 1 is 1.27 bits per heavy atom. The van der Waals surface area contributed by atoms with Crippen molar-refractivity contribution in [2.24, 2.45) is 11.7 Å². The number of anilines is 2. The molecule has 0 spiro atoms. The topological polar surface area (TPSA) is 117 Å². The van der Waals surface area contributed by atoms with E-state index in [9.17, 15) is 13.2 Å². The number of likely N-dealkylation sites (tertiary alicyclic amines) is 1. The normalized spacial score (nSPS) is 16.0. The van der Waals surface area contributed by atoms with E-state index in [4.69, 9.17) is 5.73 Å². The molecule has 30 heavy (non-hydrogen) atoms. The van der Waals surface area contributed by atoms with Crippen LogP contribution in [0.5, 0.6) is 0 Å². The number of sulfonamides is 1.